The summed E-state index contributed by atoms with van der Waals surface area (Å²) in [6.07, 6.45) is 0.863. The molecular weight excluding hydrogens is 264 g/mol. The molecule has 0 bridgehead atoms. The fourth-order valence-corrected chi connectivity index (χ4v) is 2.18. The van der Waals surface area contributed by atoms with E-state index in [1.165, 1.54) is 0 Å². The Hall–Kier alpha value is -1.63. The maximum Gasteiger partial charge on any atom is 0.413 e. The molecule has 0 saturated carbocycles. The first-order valence-corrected chi connectivity index (χ1v) is 6.92. The molecule has 1 rings (SSSR count). The van der Waals surface area contributed by atoms with Crippen molar-refractivity contribution in [3.63, 3.8) is 0 Å². The average Bonchev–Trinajstić information content (AvgIpc) is 2.39. The molecule has 114 valence electrons. The highest BCUT2D eigenvalue weighted by Gasteiger charge is 2.27. The summed E-state index contributed by atoms with van der Waals surface area (Å²) in [6, 6.07) is 0. The van der Waals surface area contributed by atoms with Crippen LogP contribution in [0.4, 0.5) is 4.79 Å². The lowest BCUT2D eigenvalue weighted by molar-refractivity contribution is -0.150. The first kappa shape index (κ1) is 16.4. The number of piperidine rings is 1. The van der Waals surface area contributed by atoms with Gasteiger partial charge in [-0.05, 0) is 33.2 Å². The van der Waals surface area contributed by atoms with Gasteiger partial charge >= 0.3 is 12.1 Å². The molecule has 0 aromatic carbocycles. The Morgan fingerprint density at radius 3 is 2.55 bits per heavy atom. The second-order valence-electron chi connectivity index (χ2n) is 4.59. The van der Waals surface area contributed by atoms with Crippen LogP contribution in [-0.2, 0) is 19.1 Å². The van der Waals surface area contributed by atoms with Gasteiger partial charge in [-0.25, -0.2) is 4.79 Å². The van der Waals surface area contributed by atoms with E-state index in [1.54, 1.807) is 13.8 Å². The molecule has 1 aliphatic rings. The summed E-state index contributed by atoms with van der Waals surface area (Å²) in [5, 5.41) is 2.14. The first-order chi connectivity index (χ1) is 9.56. The van der Waals surface area contributed by atoms with Crippen molar-refractivity contribution in [2.24, 2.45) is 5.92 Å². The van der Waals surface area contributed by atoms with E-state index in [0.29, 0.717) is 13.2 Å². The zero-order valence-corrected chi connectivity index (χ0v) is 12.0. The molecule has 0 aromatic rings. The van der Waals surface area contributed by atoms with Crippen molar-refractivity contribution in [2.75, 3.05) is 32.8 Å². The number of hydrogen-bond donors (Lipinski definition) is 1. The summed E-state index contributed by atoms with van der Waals surface area (Å²) in [6.45, 7) is 5.30. The summed E-state index contributed by atoms with van der Waals surface area (Å²) in [4.78, 5) is 36.3. The number of hydrogen-bond acceptors (Lipinski definition) is 6. The van der Waals surface area contributed by atoms with Crippen LogP contribution in [0.3, 0.4) is 0 Å². The molecule has 1 fully saturated rings. The molecule has 1 saturated heterocycles. The lowest BCUT2D eigenvalue weighted by Gasteiger charge is -2.30. The van der Waals surface area contributed by atoms with Gasteiger partial charge in [-0.15, -0.1) is 0 Å². The standard InChI is InChI=1S/C13H22N2O5/c1-3-19-12(17)10-6-5-7-15(8-10)9-11(16)14-13(18)20-4-2/h10H,3-9H2,1-2H3,(H,14,16,18). The monoisotopic (exact) mass is 286 g/mol. The SMILES string of the molecule is CCOC(=O)NC(=O)CN1CCCC(C(=O)OCC)C1. The Morgan fingerprint density at radius 1 is 1.20 bits per heavy atom. The van der Waals surface area contributed by atoms with Gasteiger partial charge in [-0.3, -0.25) is 19.8 Å². The predicted molar refractivity (Wildman–Crippen MR) is 71.0 cm³/mol. The van der Waals surface area contributed by atoms with E-state index in [9.17, 15) is 14.4 Å². The maximum absolute atomic E-state index is 11.7. The van der Waals surface area contributed by atoms with E-state index < -0.39 is 12.0 Å². The number of imide groups is 1. The fraction of sp³-hybridized carbons (Fsp3) is 0.769. The van der Waals surface area contributed by atoms with Gasteiger partial charge in [-0.2, -0.15) is 0 Å². The number of likely N-dealkylation sites (tertiary alicyclic amines) is 1. The highest BCUT2D eigenvalue weighted by atomic mass is 16.5. The van der Waals surface area contributed by atoms with Crippen LogP contribution in [0, 0.1) is 5.92 Å². The number of nitrogens with one attached hydrogen (secondary N) is 1. The molecule has 1 atom stereocenters. The molecule has 7 heteroatoms. The predicted octanol–water partition coefficient (Wildman–Crippen LogP) is 0.534. The van der Waals surface area contributed by atoms with Gasteiger partial charge < -0.3 is 9.47 Å². The van der Waals surface area contributed by atoms with Crippen LogP contribution in [0.1, 0.15) is 26.7 Å². The zero-order valence-electron chi connectivity index (χ0n) is 12.0. The third kappa shape index (κ3) is 5.56. The van der Waals surface area contributed by atoms with Gasteiger partial charge in [0, 0.05) is 6.54 Å². The smallest absolute Gasteiger partial charge is 0.413 e. The number of rotatable bonds is 5. The topological polar surface area (TPSA) is 84.9 Å². The lowest BCUT2D eigenvalue weighted by atomic mass is 9.98. The van der Waals surface area contributed by atoms with Gasteiger partial charge in [0.05, 0.1) is 25.7 Å². The van der Waals surface area contributed by atoms with Crippen LogP contribution >= 0.6 is 0 Å². The van der Waals surface area contributed by atoms with Crippen molar-refractivity contribution >= 4 is 18.0 Å². The fourth-order valence-electron chi connectivity index (χ4n) is 2.18. The average molecular weight is 286 g/mol. The molecule has 0 aliphatic carbocycles. The summed E-state index contributed by atoms with van der Waals surface area (Å²) in [7, 11) is 0. The lowest BCUT2D eigenvalue weighted by Crippen LogP contribution is -2.45. The minimum atomic E-state index is -0.739. The Balaban J connectivity index is 2.38. The minimum Gasteiger partial charge on any atom is -0.466 e. The van der Waals surface area contributed by atoms with E-state index in [0.717, 1.165) is 19.4 Å². The molecule has 2 amide bonds. The number of carbonyl (C=O) groups excluding carboxylic acids is 3. The molecule has 1 unspecified atom stereocenters. The van der Waals surface area contributed by atoms with Crippen molar-refractivity contribution in [3.05, 3.63) is 0 Å². The van der Waals surface area contributed by atoms with Crippen LogP contribution in [-0.4, -0.2) is 55.7 Å². The molecule has 0 radical (unpaired) electrons. The van der Waals surface area contributed by atoms with E-state index >= 15 is 0 Å². The van der Waals surface area contributed by atoms with E-state index in [4.69, 9.17) is 4.74 Å². The van der Waals surface area contributed by atoms with Crippen molar-refractivity contribution in [1.29, 1.82) is 0 Å². The second-order valence-corrected chi connectivity index (χ2v) is 4.59. The third-order valence-electron chi connectivity index (χ3n) is 3.01. The highest BCUT2D eigenvalue weighted by Crippen LogP contribution is 2.17. The summed E-state index contributed by atoms with van der Waals surface area (Å²) < 4.78 is 9.62. The normalized spacial score (nSPS) is 19.2. The van der Waals surface area contributed by atoms with E-state index in [2.05, 4.69) is 10.1 Å². The molecule has 1 heterocycles. The Kier molecular flexibility index (Phi) is 7.00. The highest BCUT2D eigenvalue weighted by molar-refractivity contribution is 5.92. The Bertz CT molecular complexity index is 359. The number of nitrogens with zero attached hydrogens (tertiary/aromatic N) is 1. The van der Waals surface area contributed by atoms with Crippen LogP contribution in [0.2, 0.25) is 0 Å². The van der Waals surface area contributed by atoms with Gasteiger partial charge in [0.25, 0.3) is 0 Å². The number of amides is 2. The molecule has 7 nitrogen and oxygen atoms in total. The van der Waals surface area contributed by atoms with Gasteiger partial charge in [0.15, 0.2) is 0 Å². The molecule has 0 aromatic heterocycles. The molecular formula is C13H22N2O5. The summed E-state index contributed by atoms with van der Waals surface area (Å²) >= 11 is 0. The van der Waals surface area contributed by atoms with Crippen LogP contribution in [0.25, 0.3) is 0 Å². The molecule has 1 N–H and O–H groups in total. The van der Waals surface area contributed by atoms with Gasteiger partial charge in [0.2, 0.25) is 5.91 Å². The van der Waals surface area contributed by atoms with Crippen LogP contribution < -0.4 is 5.32 Å². The van der Waals surface area contributed by atoms with E-state index in [-0.39, 0.29) is 25.0 Å². The van der Waals surface area contributed by atoms with Crippen molar-refractivity contribution in [3.8, 4) is 0 Å². The van der Waals surface area contributed by atoms with Crippen molar-refractivity contribution < 1.29 is 23.9 Å². The van der Waals surface area contributed by atoms with Gasteiger partial charge in [0.1, 0.15) is 0 Å². The van der Waals surface area contributed by atoms with Gasteiger partial charge in [-0.1, -0.05) is 0 Å². The number of esters is 1. The molecule has 20 heavy (non-hydrogen) atoms. The van der Waals surface area contributed by atoms with E-state index in [1.807, 2.05) is 4.90 Å². The van der Waals surface area contributed by atoms with Crippen LogP contribution in [0.5, 0.6) is 0 Å². The number of alkyl carbamates (subject to hydrolysis) is 1. The Morgan fingerprint density at radius 2 is 1.90 bits per heavy atom. The third-order valence-corrected chi connectivity index (χ3v) is 3.01. The largest absolute Gasteiger partial charge is 0.466 e. The first-order valence-electron chi connectivity index (χ1n) is 6.92. The number of carbonyl (C=O) groups is 3. The van der Waals surface area contributed by atoms with Crippen molar-refractivity contribution in [2.45, 2.75) is 26.7 Å². The summed E-state index contributed by atoms with van der Waals surface area (Å²) in [5.41, 5.74) is 0. The maximum atomic E-state index is 11.7. The zero-order chi connectivity index (χ0) is 15.0. The van der Waals surface area contributed by atoms with Crippen molar-refractivity contribution in [1.82, 2.24) is 10.2 Å². The number of ether oxygens (including phenoxy) is 2. The second kappa shape index (κ2) is 8.52. The quantitative estimate of drug-likeness (QED) is 0.742. The minimum absolute atomic E-state index is 0.0781. The summed E-state index contributed by atoms with van der Waals surface area (Å²) in [5.74, 6) is -0.838. The Labute approximate surface area is 118 Å². The molecule has 1 aliphatic heterocycles. The van der Waals surface area contributed by atoms with Crippen LogP contribution in [0.15, 0.2) is 0 Å². The molecule has 0 spiro atoms.